The molecule has 0 spiro atoms. The molecule has 1 aromatic heterocycles. The largest absolute Gasteiger partial charge is 0.366 e. The molecule has 6 heteroatoms. The Morgan fingerprint density at radius 3 is 2.30 bits per heavy atom. The molecular formula is C17H12Cl2FN3. The van der Waals surface area contributed by atoms with Crippen molar-refractivity contribution in [1.82, 2.24) is 9.97 Å². The molecule has 0 aliphatic carbocycles. The minimum absolute atomic E-state index is 0.308. The summed E-state index contributed by atoms with van der Waals surface area (Å²) in [6.45, 7) is 0.577. The van der Waals surface area contributed by atoms with Gasteiger partial charge in [0.05, 0.1) is 0 Å². The van der Waals surface area contributed by atoms with Crippen molar-refractivity contribution in [3.63, 3.8) is 0 Å². The van der Waals surface area contributed by atoms with Crippen LogP contribution >= 0.6 is 23.2 Å². The van der Waals surface area contributed by atoms with Crippen molar-refractivity contribution in [2.24, 2.45) is 0 Å². The summed E-state index contributed by atoms with van der Waals surface area (Å²) < 4.78 is 13.0. The number of hydrogen-bond donors (Lipinski definition) is 1. The molecule has 2 aromatic carbocycles. The van der Waals surface area contributed by atoms with E-state index in [0.717, 1.165) is 5.56 Å². The number of benzene rings is 2. The van der Waals surface area contributed by atoms with Crippen LogP contribution in [0.25, 0.3) is 11.4 Å². The minimum atomic E-state index is -0.308. The fourth-order valence-electron chi connectivity index (χ4n) is 2.03. The second-order valence-electron chi connectivity index (χ2n) is 4.89. The first-order valence-electron chi connectivity index (χ1n) is 6.89. The Balaban J connectivity index is 1.80. The van der Waals surface area contributed by atoms with E-state index in [0.29, 0.717) is 33.9 Å². The summed E-state index contributed by atoms with van der Waals surface area (Å²) in [5.74, 6) is 0.729. The average molecular weight is 348 g/mol. The van der Waals surface area contributed by atoms with Crippen LogP contribution in [-0.2, 0) is 6.54 Å². The molecule has 0 radical (unpaired) electrons. The maximum absolute atomic E-state index is 13.0. The average Bonchev–Trinajstić information content (AvgIpc) is 2.54. The van der Waals surface area contributed by atoms with Gasteiger partial charge in [0, 0.05) is 23.2 Å². The van der Waals surface area contributed by atoms with Gasteiger partial charge in [0.1, 0.15) is 16.8 Å². The Bertz CT molecular complexity index is 805. The Kier molecular flexibility index (Phi) is 4.74. The first kappa shape index (κ1) is 15.7. The van der Waals surface area contributed by atoms with E-state index in [2.05, 4.69) is 15.3 Å². The normalized spacial score (nSPS) is 10.6. The molecular weight excluding hydrogens is 336 g/mol. The van der Waals surface area contributed by atoms with Crippen LogP contribution in [0.4, 0.5) is 10.2 Å². The van der Waals surface area contributed by atoms with Crippen molar-refractivity contribution >= 4 is 29.0 Å². The smallest absolute Gasteiger partial charge is 0.163 e. The molecule has 0 fully saturated rings. The monoisotopic (exact) mass is 347 g/mol. The third-order valence-electron chi connectivity index (χ3n) is 3.18. The van der Waals surface area contributed by atoms with Crippen LogP contribution in [0.5, 0.6) is 0 Å². The Hall–Kier alpha value is -2.17. The minimum Gasteiger partial charge on any atom is -0.366 e. The molecule has 116 valence electrons. The van der Waals surface area contributed by atoms with E-state index in [-0.39, 0.29) is 5.82 Å². The van der Waals surface area contributed by atoms with E-state index < -0.39 is 0 Å². The highest BCUT2D eigenvalue weighted by atomic mass is 35.5. The molecule has 0 aliphatic heterocycles. The van der Waals surface area contributed by atoms with Crippen LogP contribution in [0.2, 0.25) is 10.2 Å². The Morgan fingerprint density at radius 2 is 1.61 bits per heavy atom. The number of halogens is 3. The maximum atomic E-state index is 13.0. The molecule has 1 N–H and O–H groups in total. The van der Waals surface area contributed by atoms with Gasteiger partial charge < -0.3 is 5.32 Å². The third-order valence-corrected chi connectivity index (χ3v) is 3.63. The zero-order chi connectivity index (χ0) is 16.2. The van der Waals surface area contributed by atoms with Crippen molar-refractivity contribution in [3.05, 3.63) is 76.2 Å². The number of anilines is 1. The fourth-order valence-corrected chi connectivity index (χ4v) is 2.34. The van der Waals surface area contributed by atoms with Crippen LogP contribution in [0, 0.1) is 5.82 Å². The molecule has 3 rings (SSSR count). The Labute approximate surface area is 143 Å². The summed E-state index contributed by atoms with van der Waals surface area (Å²) in [5, 5.41) is 4.20. The first-order valence-corrected chi connectivity index (χ1v) is 7.64. The van der Waals surface area contributed by atoms with E-state index in [1.54, 1.807) is 18.2 Å². The second-order valence-corrected chi connectivity index (χ2v) is 5.71. The molecule has 0 aliphatic rings. The summed E-state index contributed by atoms with van der Waals surface area (Å²) in [5.41, 5.74) is 1.76. The molecule has 3 nitrogen and oxygen atoms in total. The summed E-state index contributed by atoms with van der Waals surface area (Å²) in [7, 11) is 0. The molecule has 0 bridgehead atoms. The van der Waals surface area contributed by atoms with E-state index >= 15 is 0 Å². The zero-order valence-corrected chi connectivity index (χ0v) is 13.4. The first-order chi connectivity index (χ1) is 11.1. The predicted molar refractivity (Wildman–Crippen MR) is 91.2 cm³/mol. The van der Waals surface area contributed by atoms with E-state index in [1.165, 1.54) is 12.1 Å². The number of nitrogens with zero attached hydrogens (tertiary/aromatic N) is 2. The van der Waals surface area contributed by atoms with Crippen LogP contribution in [0.3, 0.4) is 0 Å². The van der Waals surface area contributed by atoms with Gasteiger partial charge in [-0.1, -0.05) is 35.3 Å². The van der Waals surface area contributed by atoms with Gasteiger partial charge in [0.25, 0.3) is 0 Å². The van der Waals surface area contributed by atoms with Crippen molar-refractivity contribution in [2.75, 3.05) is 5.32 Å². The Morgan fingerprint density at radius 1 is 0.913 bits per heavy atom. The lowest BCUT2D eigenvalue weighted by Gasteiger charge is -2.08. The van der Waals surface area contributed by atoms with E-state index in [1.807, 2.05) is 24.3 Å². The molecule has 0 amide bonds. The van der Waals surface area contributed by atoms with Gasteiger partial charge in [-0.15, -0.1) is 0 Å². The lowest BCUT2D eigenvalue weighted by Crippen LogP contribution is -2.03. The highest BCUT2D eigenvalue weighted by molar-refractivity contribution is 6.30. The van der Waals surface area contributed by atoms with Gasteiger partial charge >= 0.3 is 0 Å². The fraction of sp³-hybridized carbons (Fsp3) is 0.0588. The van der Waals surface area contributed by atoms with Gasteiger partial charge in [-0.3, -0.25) is 0 Å². The molecule has 0 atom stereocenters. The number of hydrogen-bond acceptors (Lipinski definition) is 3. The molecule has 0 saturated heterocycles. The SMILES string of the molecule is Fc1ccc(-c2nc(Cl)cc(NCc3ccc(Cl)cc3)n2)cc1. The van der Waals surface area contributed by atoms with Crippen molar-refractivity contribution < 1.29 is 4.39 Å². The number of aromatic nitrogens is 2. The maximum Gasteiger partial charge on any atom is 0.163 e. The van der Waals surface area contributed by atoms with Gasteiger partial charge in [-0.05, 0) is 42.0 Å². The van der Waals surface area contributed by atoms with Crippen molar-refractivity contribution in [2.45, 2.75) is 6.54 Å². The molecule has 1 heterocycles. The van der Waals surface area contributed by atoms with E-state index in [9.17, 15) is 4.39 Å². The molecule has 3 aromatic rings. The quantitative estimate of drug-likeness (QED) is 0.659. The summed E-state index contributed by atoms with van der Waals surface area (Å²) in [6, 6.07) is 15.1. The standard InChI is InChI=1S/C17H12Cl2FN3/c18-13-5-1-11(2-6-13)10-21-16-9-15(19)22-17(23-16)12-3-7-14(20)8-4-12/h1-9H,10H2,(H,21,22,23). The molecule has 23 heavy (non-hydrogen) atoms. The topological polar surface area (TPSA) is 37.8 Å². The summed E-state index contributed by atoms with van der Waals surface area (Å²) in [4.78, 5) is 8.59. The predicted octanol–water partition coefficient (Wildman–Crippen LogP) is 5.20. The zero-order valence-electron chi connectivity index (χ0n) is 11.9. The van der Waals surface area contributed by atoms with Crippen molar-refractivity contribution in [3.8, 4) is 11.4 Å². The van der Waals surface area contributed by atoms with Crippen LogP contribution in [0.15, 0.2) is 54.6 Å². The van der Waals surface area contributed by atoms with Crippen LogP contribution in [0.1, 0.15) is 5.56 Å². The van der Waals surface area contributed by atoms with Crippen LogP contribution < -0.4 is 5.32 Å². The van der Waals surface area contributed by atoms with Crippen molar-refractivity contribution in [1.29, 1.82) is 0 Å². The lowest BCUT2D eigenvalue weighted by molar-refractivity contribution is 0.628. The third kappa shape index (κ3) is 4.18. The van der Waals surface area contributed by atoms with E-state index in [4.69, 9.17) is 23.2 Å². The second kappa shape index (κ2) is 6.94. The highest BCUT2D eigenvalue weighted by Gasteiger charge is 2.06. The number of rotatable bonds is 4. The van der Waals surface area contributed by atoms with Gasteiger partial charge in [0.15, 0.2) is 5.82 Å². The summed E-state index contributed by atoms with van der Waals surface area (Å²) in [6.07, 6.45) is 0. The lowest BCUT2D eigenvalue weighted by atomic mass is 10.2. The van der Waals surface area contributed by atoms with Crippen LogP contribution in [-0.4, -0.2) is 9.97 Å². The van der Waals surface area contributed by atoms with Gasteiger partial charge in [0.2, 0.25) is 0 Å². The number of nitrogens with one attached hydrogen (secondary N) is 1. The summed E-state index contributed by atoms with van der Waals surface area (Å²) >= 11 is 11.9. The molecule has 0 unspecified atom stereocenters. The molecule has 0 saturated carbocycles. The van der Waals surface area contributed by atoms with Gasteiger partial charge in [-0.2, -0.15) is 0 Å². The highest BCUT2D eigenvalue weighted by Crippen LogP contribution is 2.21. The van der Waals surface area contributed by atoms with Gasteiger partial charge in [-0.25, -0.2) is 14.4 Å².